The Morgan fingerprint density at radius 2 is 1.91 bits per heavy atom. The summed E-state index contributed by atoms with van der Waals surface area (Å²) in [6, 6.07) is 14.2. The van der Waals surface area contributed by atoms with Crippen LogP contribution in [-0.4, -0.2) is 32.9 Å². The van der Waals surface area contributed by atoms with E-state index in [0.717, 1.165) is 48.3 Å². The molecule has 2 saturated heterocycles. The van der Waals surface area contributed by atoms with Crippen molar-refractivity contribution in [2.45, 2.75) is 50.9 Å². The largest absolute Gasteiger partial charge is 0.417 e. The van der Waals surface area contributed by atoms with Crippen LogP contribution in [0.15, 0.2) is 60.9 Å². The van der Waals surface area contributed by atoms with Gasteiger partial charge in [0.25, 0.3) is 5.91 Å². The van der Waals surface area contributed by atoms with Crippen molar-refractivity contribution >= 4 is 5.91 Å². The maximum absolute atomic E-state index is 13.8. The third-order valence-electron chi connectivity index (χ3n) is 6.95. The summed E-state index contributed by atoms with van der Waals surface area (Å²) in [5.41, 5.74) is 3.18. The summed E-state index contributed by atoms with van der Waals surface area (Å²) in [4.78, 5) is 24.3. The highest BCUT2D eigenvalue weighted by atomic mass is 19.4. The van der Waals surface area contributed by atoms with Gasteiger partial charge in [-0.05, 0) is 74.4 Å². The molecule has 3 aromatic rings. The number of amides is 1. The van der Waals surface area contributed by atoms with Gasteiger partial charge < -0.3 is 4.90 Å². The summed E-state index contributed by atoms with van der Waals surface area (Å²) in [7, 11) is 0. The van der Waals surface area contributed by atoms with Gasteiger partial charge in [0.05, 0.1) is 11.3 Å². The lowest BCUT2D eigenvalue weighted by molar-refractivity contribution is -0.137. The molecule has 2 bridgehead atoms. The van der Waals surface area contributed by atoms with Crippen LogP contribution in [0.4, 0.5) is 13.2 Å². The molecule has 4 nitrogen and oxygen atoms in total. The second kappa shape index (κ2) is 8.28. The summed E-state index contributed by atoms with van der Waals surface area (Å²) in [5, 5.41) is 0. The van der Waals surface area contributed by atoms with Gasteiger partial charge in [-0.2, -0.15) is 13.2 Å². The Labute approximate surface area is 190 Å². The number of nitrogens with zero attached hydrogens (tertiary/aromatic N) is 3. The number of fused-ring (bicyclic) bond motifs is 2. The summed E-state index contributed by atoms with van der Waals surface area (Å²) < 4.78 is 38.5. The molecule has 0 N–H and O–H groups in total. The zero-order valence-corrected chi connectivity index (χ0v) is 18.2. The first-order chi connectivity index (χ1) is 15.8. The van der Waals surface area contributed by atoms with Crippen LogP contribution in [0, 0.1) is 12.8 Å². The molecule has 1 aromatic carbocycles. The van der Waals surface area contributed by atoms with E-state index in [1.807, 2.05) is 48.2 Å². The minimum absolute atomic E-state index is 0.00901. The number of aromatic nitrogens is 2. The van der Waals surface area contributed by atoms with Crippen LogP contribution in [0.2, 0.25) is 0 Å². The minimum atomic E-state index is -4.39. The molecule has 170 valence electrons. The molecule has 2 aliphatic rings. The van der Waals surface area contributed by atoms with Crippen molar-refractivity contribution in [3.8, 4) is 11.3 Å². The van der Waals surface area contributed by atoms with E-state index < -0.39 is 11.7 Å². The molecule has 0 aliphatic carbocycles. The first kappa shape index (κ1) is 21.6. The Balaban J connectivity index is 1.39. The third kappa shape index (κ3) is 4.01. The van der Waals surface area contributed by atoms with Crippen molar-refractivity contribution in [2.24, 2.45) is 5.92 Å². The number of hydrogen-bond acceptors (Lipinski definition) is 3. The molecular weight excluding hydrogens is 427 g/mol. The SMILES string of the molecule is Cc1cccc(C(=O)N2C3CCC2C(Cc2ccc(C(F)(F)F)cn2)C3)c1-c1ccccn1. The average molecular weight is 451 g/mol. The quantitative estimate of drug-likeness (QED) is 0.511. The van der Waals surface area contributed by atoms with E-state index in [2.05, 4.69) is 9.97 Å². The summed E-state index contributed by atoms with van der Waals surface area (Å²) in [6.45, 7) is 1.98. The lowest BCUT2D eigenvalue weighted by atomic mass is 9.86. The predicted octanol–water partition coefficient (Wildman–Crippen LogP) is 5.71. The van der Waals surface area contributed by atoms with Gasteiger partial charge in [-0.15, -0.1) is 0 Å². The first-order valence-corrected chi connectivity index (χ1v) is 11.2. The molecule has 2 aromatic heterocycles. The number of pyridine rings is 2. The fourth-order valence-corrected chi connectivity index (χ4v) is 5.47. The van der Waals surface area contributed by atoms with Gasteiger partial charge in [-0.25, -0.2) is 0 Å². The fourth-order valence-electron chi connectivity index (χ4n) is 5.47. The summed E-state index contributed by atoms with van der Waals surface area (Å²) in [6.07, 6.45) is 1.53. The topological polar surface area (TPSA) is 46.1 Å². The van der Waals surface area contributed by atoms with Gasteiger partial charge in [0.1, 0.15) is 0 Å². The van der Waals surface area contributed by atoms with Gasteiger partial charge >= 0.3 is 6.18 Å². The molecule has 2 aliphatic heterocycles. The zero-order valence-electron chi connectivity index (χ0n) is 18.2. The maximum atomic E-state index is 13.8. The van der Waals surface area contributed by atoms with E-state index in [0.29, 0.717) is 17.7 Å². The van der Waals surface area contributed by atoms with Crippen molar-refractivity contribution < 1.29 is 18.0 Å². The zero-order chi connectivity index (χ0) is 23.2. The number of aryl methyl sites for hydroxylation is 1. The molecule has 4 heterocycles. The monoisotopic (exact) mass is 451 g/mol. The number of alkyl halides is 3. The lowest BCUT2D eigenvalue weighted by Gasteiger charge is -2.26. The van der Waals surface area contributed by atoms with Crippen LogP contribution >= 0.6 is 0 Å². The Kier molecular flexibility index (Phi) is 5.43. The number of carbonyl (C=O) groups is 1. The molecule has 3 atom stereocenters. The summed E-state index contributed by atoms with van der Waals surface area (Å²) >= 11 is 0. The summed E-state index contributed by atoms with van der Waals surface area (Å²) in [5.74, 6) is 0.203. The number of halogens is 3. The smallest absolute Gasteiger partial charge is 0.332 e. The van der Waals surface area contributed by atoms with Crippen LogP contribution in [0.1, 0.15) is 46.4 Å². The molecule has 0 radical (unpaired) electrons. The van der Waals surface area contributed by atoms with Gasteiger partial charge in [0.15, 0.2) is 0 Å². The average Bonchev–Trinajstić information content (AvgIpc) is 3.36. The standard InChI is InChI=1S/C26H24F3N3O/c1-16-5-4-6-21(24(16)22-7-2-3-12-30-22)25(33)32-20-10-11-23(32)17(14-20)13-19-9-8-18(15-31-19)26(27,28)29/h2-9,12,15,17,20,23H,10-11,13-14H2,1H3. The van der Waals surface area contributed by atoms with E-state index in [4.69, 9.17) is 0 Å². The van der Waals surface area contributed by atoms with Crippen molar-refractivity contribution in [1.29, 1.82) is 0 Å². The molecule has 3 unspecified atom stereocenters. The predicted molar refractivity (Wildman–Crippen MR) is 118 cm³/mol. The maximum Gasteiger partial charge on any atom is 0.417 e. The number of rotatable bonds is 4. The van der Waals surface area contributed by atoms with Gasteiger partial charge in [-0.3, -0.25) is 14.8 Å². The van der Waals surface area contributed by atoms with Crippen LogP contribution < -0.4 is 0 Å². The first-order valence-electron chi connectivity index (χ1n) is 11.2. The highest BCUT2D eigenvalue weighted by molar-refractivity contribution is 6.01. The van der Waals surface area contributed by atoms with Crippen molar-refractivity contribution in [2.75, 3.05) is 0 Å². The number of hydrogen-bond donors (Lipinski definition) is 0. The molecular formula is C26H24F3N3O. The molecule has 1 amide bonds. The fraction of sp³-hybridized carbons (Fsp3) is 0.346. The van der Waals surface area contributed by atoms with Crippen molar-refractivity contribution in [3.05, 3.63) is 83.3 Å². The number of benzene rings is 1. The number of carbonyl (C=O) groups excluding carboxylic acids is 1. The van der Waals surface area contributed by atoms with E-state index in [9.17, 15) is 18.0 Å². The highest BCUT2D eigenvalue weighted by Crippen LogP contribution is 2.44. The van der Waals surface area contributed by atoms with Crippen LogP contribution in [-0.2, 0) is 12.6 Å². The molecule has 7 heteroatoms. The Bertz CT molecular complexity index is 1160. The van der Waals surface area contributed by atoms with Crippen molar-refractivity contribution in [3.63, 3.8) is 0 Å². The van der Waals surface area contributed by atoms with E-state index in [1.165, 1.54) is 6.07 Å². The van der Waals surface area contributed by atoms with Crippen LogP contribution in [0.3, 0.4) is 0 Å². The lowest BCUT2D eigenvalue weighted by Crippen LogP contribution is -2.37. The Hall–Kier alpha value is -3.22. The Morgan fingerprint density at radius 3 is 2.61 bits per heavy atom. The van der Waals surface area contributed by atoms with Gasteiger partial charge in [-0.1, -0.05) is 18.2 Å². The third-order valence-corrected chi connectivity index (χ3v) is 6.95. The second-order valence-corrected chi connectivity index (χ2v) is 8.96. The van der Waals surface area contributed by atoms with Gasteiger partial charge in [0, 0.05) is 41.3 Å². The van der Waals surface area contributed by atoms with Gasteiger partial charge in [0.2, 0.25) is 0 Å². The second-order valence-electron chi connectivity index (χ2n) is 8.96. The molecule has 0 spiro atoms. The normalized spacial score (nSPS) is 22.1. The van der Waals surface area contributed by atoms with Crippen molar-refractivity contribution in [1.82, 2.24) is 14.9 Å². The van der Waals surface area contributed by atoms with E-state index in [-0.39, 0.29) is 23.9 Å². The Morgan fingerprint density at radius 1 is 1.06 bits per heavy atom. The van der Waals surface area contributed by atoms with Crippen LogP contribution in [0.5, 0.6) is 0 Å². The van der Waals surface area contributed by atoms with E-state index >= 15 is 0 Å². The molecule has 0 saturated carbocycles. The molecule has 5 rings (SSSR count). The molecule has 2 fully saturated rings. The minimum Gasteiger partial charge on any atom is -0.332 e. The van der Waals surface area contributed by atoms with Crippen LogP contribution in [0.25, 0.3) is 11.3 Å². The van der Waals surface area contributed by atoms with E-state index in [1.54, 1.807) is 6.20 Å². The highest BCUT2D eigenvalue weighted by Gasteiger charge is 2.48. The molecule has 33 heavy (non-hydrogen) atoms.